The lowest BCUT2D eigenvalue weighted by atomic mass is 9.93. The van der Waals surface area contributed by atoms with E-state index in [1.807, 2.05) is 24.3 Å². The highest BCUT2D eigenvalue weighted by Gasteiger charge is 2.06. The van der Waals surface area contributed by atoms with Crippen LogP contribution in [0.15, 0.2) is 72.8 Å². The summed E-state index contributed by atoms with van der Waals surface area (Å²) in [5.74, 6) is -0.0147. The fourth-order valence-electron chi connectivity index (χ4n) is 2.94. The van der Waals surface area contributed by atoms with E-state index in [0.717, 1.165) is 17.5 Å². The van der Waals surface area contributed by atoms with Crippen LogP contribution in [0.25, 0.3) is 12.2 Å². The average molecular weight is 341 g/mol. The molecule has 0 saturated carbocycles. The first-order valence-electron chi connectivity index (χ1n) is 8.67. The molecular weight excluding hydrogens is 321 g/mol. The van der Waals surface area contributed by atoms with Gasteiger partial charge in [-0.1, -0.05) is 79.7 Å². The number of hydrogen-bond acceptors (Lipinski definition) is 1. The van der Waals surface area contributed by atoms with Gasteiger partial charge in [0, 0.05) is 0 Å². The maximum Gasteiger partial charge on any atom is 0.141 e. The Bertz CT molecular complexity index is 934. The zero-order valence-corrected chi connectivity index (χ0v) is 14.7. The molecule has 0 heterocycles. The van der Waals surface area contributed by atoms with E-state index in [1.54, 1.807) is 6.07 Å². The largest absolute Gasteiger partial charge is 0.206 e. The van der Waals surface area contributed by atoms with E-state index in [9.17, 15) is 4.39 Å². The lowest BCUT2D eigenvalue weighted by Gasteiger charge is -2.12. The molecule has 0 N–H and O–H groups in total. The Labute approximate surface area is 154 Å². The van der Waals surface area contributed by atoms with Gasteiger partial charge in [0.05, 0.1) is 5.56 Å². The first-order valence-corrected chi connectivity index (χ1v) is 8.67. The summed E-state index contributed by atoms with van der Waals surface area (Å²) in [6.07, 6.45) is 4.80. The van der Waals surface area contributed by atoms with Crippen molar-refractivity contribution in [2.24, 2.45) is 0 Å². The van der Waals surface area contributed by atoms with Crippen LogP contribution in [0.5, 0.6) is 0 Å². The molecule has 2 heteroatoms. The van der Waals surface area contributed by atoms with Crippen molar-refractivity contribution in [1.82, 2.24) is 0 Å². The third-order valence-corrected chi connectivity index (χ3v) is 4.47. The molecule has 0 aromatic heterocycles. The average Bonchev–Trinajstić information content (AvgIpc) is 2.68. The Morgan fingerprint density at radius 2 is 1.58 bits per heavy atom. The van der Waals surface area contributed by atoms with Gasteiger partial charge in [-0.25, -0.2) is 4.39 Å². The summed E-state index contributed by atoms with van der Waals surface area (Å²) < 4.78 is 13.6. The normalized spacial score (nSPS) is 12.0. The highest BCUT2D eigenvalue weighted by atomic mass is 19.1. The second-order valence-electron chi connectivity index (χ2n) is 6.44. The molecular formula is C24H20FN. The van der Waals surface area contributed by atoms with Crippen LogP contribution in [0.1, 0.15) is 40.7 Å². The molecule has 0 amide bonds. The molecule has 1 nitrogen and oxygen atoms in total. The van der Waals surface area contributed by atoms with E-state index in [2.05, 4.69) is 55.5 Å². The highest BCUT2D eigenvalue weighted by molar-refractivity contribution is 5.70. The number of rotatable bonds is 5. The van der Waals surface area contributed by atoms with Crippen molar-refractivity contribution in [3.05, 3.63) is 106 Å². The maximum atomic E-state index is 13.6. The van der Waals surface area contributed by atoms with Crippen molar-refractivity contribution in [3.63, 3.8) is 0 Å². The molecule has 3 aromatic carbocycles. The second-order valence-corrected chi connectivity index (χ2v) is 6.44. The Morgan fingerprint density at radius 1 is 0.923 bits per heavy atom. The molecule has 26 heavy (non-hydrogen) atoms. The third kappa shape index (κ3) is 4.46. The van der Waals surface area contributed by atoms with E-state index < -0.39 is 5.82 Å². The first-order chi connectivity index (χ1) is 12.7. The molecule has 0 saturated heterocycles. The van der Waals surface area contributed by atoms with Crippen molar-refractivity contribution in [2.45, 2.75) is 19.3 Å². The van der Waals surface area contributed by atoms with Crippen LogP contribution < -0.4 is 0 Å². The third-order valence-electron chi connectivity index (χ3n) is 4.47. The van der Waals surface area contributed by atoms with Gasteiger partial charge in [-0.05, 0) is 46.7 Å². The van der Waals surface area contributed by atoms with E-state index in [1.165, 1.54) is 23.3 Å². The van der Waals surface area contributed by atoms with Crippen molar-refractivity contribution in [1.29, 1.82) is 5.26 Å². The lowest BCUT2D eigenvalue weighted by molar-refractivity contribution is 0.623. The van der Waals surface area contributed by atoms with Gasteiger partial charge in [0.15, 0.2) is 0 Å². The number of nitriles is 1. The van der Waals surface area contributed by atoms with Crippen molar-refractivity contribution in [3.8, 4) is 6.07 Å². The van der Waals surface area contributed by atoms with Crippen LogP contribution in [0.2, 0.25) is 0 Å². The minimum absolute atomic E-state index is 0.0686. The van der Waals surface area contributed by atoms with Gasteiger partial charge in [0.25, 0.3) is 0 Å². The molecule has 3 aromatic rings. The molecule has 0 spiro atoms. The minimum Gasteiger partial charge on any atom is -0.206 e. The van der Waals surface area contributed by atoms with Crippen LogP contribution in [-0.4, -0.2) is 0 Å². The van der Waals surface area contributed by atoms with Crippen molar-refractivity contribution in [2.75, 3.05) is 0 Å². The SMILES string of the molecule is CC(Cc1ccc(/C=C/c2ccc(C#N)c(F)c2)cc1)c1ccccc1. The molecule has 3 rings (SSSR count). The smallest absolute Gasteiger partial charge is 0.141 e. The number of hydrogen-bond donors (Lipinski definition) is 0. The summed E-state index contributed by atoms with van der Waals surface area (Å²) in [6, 6.07) is 25.4. The second kappa shape index (κ2) is 8.27. The summed E-state index contributed by atoms with van der Waals surface area (Å²) in [7, 11) is 0. The summed E-state index contributed by atoms with van der Waals surface area (Å²) in [4.78, 5) is 0. The van der Waals surface area contributed by atoms with Crippen LogP contribution >= 0.6 is 0 Å². The Kier molecular flexibility index (Phi) is 5.61. The van der Waals surface area contributed by atoms with Gasteiger partial charge < -0.3 is 0 Å². The first kappa shape index (κ1) is 17.6. The van der Waals surface area contributed by atoms with E-state index in [0.29, 0.717) is 5.92 Å². The maximum absolute atomic E-state index is 13.6. The highest BCUT2D eigenvalue weighted by Crippen LogP contribution is 2.21. The van der Waals surface area contributed by atoms with Gasteiger partial charge in [-0.2, -0.15) is 5.26 Å². The number of halogens is 1. The topological polar surface area (TPSA) is 23.8 Å². The number of nitrogens with zero attached hydrogens (tertiary/aromatic N) is 1. The van der Waals surface area contributed by atoms with Crippen LogP contribution in [0, 0.1) is 17.1 Å². The quantitative estimate of drug-likeness (QED) is 0.506. The van der Waals surface area contributed by atoms with Crippen molar-refractivity contribution < 1.29 is 4.39 Å². The number of benzene rings is 3. The fourth-order valence-corrected chi connectivity index (χ4v) is 2.94. The van der Waals surface area contributed by atoms with Crippen LogP contribution in [0.4, 0.5) is 4.39 Å². The Hall–Kier alpha value is -3.18. The monoisotopic (exact) mass is 341 g/mol. The predicted octanol–water partition coefficient (Wildman–Crippen LogP) is 6.21. The zero-order chi connectivity index (χ0) is 18.4. The van der Waals surface area contributed by atoms with Gasteiger partial charge in [0.1, 0.15) is 11.9 Å². The zero-order valence-electron chi connectivity index (χ0n) is 14.7. The standard InChI is InChI=1S/C24H20FN/c1-18(22-5-3-2-4-6-22)15-20-10-7-19(8-11-20)9-12-21-13-14-23(17-26)24(25)16-21/h2-14,16,18H,15H2,1H3/b12-9+. The molecule has 1 unspecified atom stereocenters. The van der Waals surface area contributed by atoms with Crippen LogP contribution in [0.3, 0.4) is 0 Å². The van der Waals surface area contributed by atoms with Gasteiger partial charge >= 0.3 is 0 Å². The van der Waals surface area contributed by atoms with E-state index in [4.69, 9.17) is 5.26 Å². The molecule has 128 valence electrons. The molecule has 0 bridgehead atoms. The summed E-state index contributed by atoms with van der Waals surface area (Å²) >= 11 is 0. The van der Waals surface area contributed by atoms with Crippen molar-refractivity contribution >= 4 is 12.2 Å². The molecule has 0 fully saturated rings. The molecule has 0 aliphatic carbocycles. The van der Waals surface area contributed by atoms with Gasteiger partial charge in [0.2, 0.25) is 0 Å². The summed E-state index contributed by atoms with van der Waals surface area (Å²) in [6.45, 7) is 2.24. The van der Waals surface area contributed by atoms with Gasteiger partial charge in [-0.3, -0.25) is 0 Å². The molecule has 0 aliphatic rings. The summed E-state index contributed by atoms with van der Waals surface area (Å²) in [5.41, 5.74) is 4.51. The summed E-state index contributed by atoms with van der Waals surface area (Å²) in [5, 5.41) is 8.77. The fraction of sp³-hybridized carbons (Fsp3) is 0.125. The molecule has 1 atom stereocenters. The Morgan fingerprint density at radius 3 is 2.23 bits per heavy atom. The Balaban J connectivity index is 1.66. The van der Waals surface area contributed by atoms with Crippen LogP contribution in [-0.2, 0) is 6.42 Å². The molecule has 0 radical (unpaired) electrons. The lowest BCUT2D eigenvalue weighted by Crippen LogP contribution is -1.98. The molecule has 0 aliphatic heterocycles. The van der Waals surface area contributed by atoms with E-state index >= 15 is 0 Å². The van der Waals surface area contributed by atoms with E-state index in [-0.39, 0.29) is 5.56 Å². The van der Waals surface area contributed by atoms with Gasteiger partial charge in [-0.15, -0.1) is 0 Å². The predicted molar refractivity (Wildman–Crippen MR) is 105 cm³/mol. The minimum atomic E-state index is -0.486.